The topological polar surface area (TPSA) is 60.3 Å². The monoisotopic (exact) mass is 204 g/mol. The highest BCUT2D eigenvalue weighted by Gasteiger charge is 2.15. The van der Waals surface area contributed by atoms with E-state index < -0.39 is 0 Å². The van der Waals surface area contributed by atoms with Gasteiger partial charge in [0.05, 0.1) is 0 Å². The van der Waals surface area contributed by atoms with Gasteiger partial charge in [0, 0.05) is 23.2 Å². The quantitative estimate of drug-likeness (QED) is 0.777. The van der Waals surface area contributed by atoms with Crippen LogP contribution < -0.4 is 15.2 Å². The molecule has 0 saturated heterocycles. The average molecular weight is 204 g/mol. The molecule has 1 aromatic carbocycles. The second-order valence-corrected chi connectivity index (χ2v) is 3.60. The summed E-state index contributed by atoms with van der Waals surface area (Å²) in [6.07, 6.45) is 2.87. The molecule has 0 amide bonds. The normalized spacial score (nSPS) is 13.7. The fraction of sp³-hybridized carbons (Fsp3) is 0.273. The van der Waals surface area contributed by atoms with E-state index in [-0.39, 0.29) is 0 Å². The molecule has 2 aromatic rings. The summed E-state index contributed by atoms with van der Waals surface area (Å²) in [4.78, 5) is 3.21. The number of nitrogens with one attached hydrogen (secondary N) is 1. The van der Waals surface area contributed by atoms with Gasteiger partial charge in [-0.3, -0.25) is 0 Å². The van der Waals surface area contributed by atoms with E-state index in [1.165, 1.54) is 10.9 Å². The molecule has 1 aliphatic rings. The number of hydrogen-bond acceptors (Lipinski definition) is 3. The molecule has 0 saturated carbocycles. The summed E-state index contributed by atoms with van der Waals surface area (Å²) in [6, 6.07) is 3.98. The zero-order valence-electron chi connectivity index (χ0n) is 8.25. The number of fused-ring (bicyclic) bond motifs is 2. The molecule has 2 heterocycles. The molecule has 0 radical (unpaired) electrons. The maximum absolute atomic E-state index is 5.55. The summed E-state index contributed by atoms with van der Waals surface area (Å²) in [5.41, 5.74) is 7.85. The van der Waals surface area contributed by atoms with Gasteiger partial charge in [-0.1, -0.05) is 0 Å². The third kappa shape index (κ3) is 1.26. The Balaban J connectivity index is 2.18. The van der Waals surface area contributed by atoms with Crippen molar-refractivity contribution in [1.29, 1.82) is 0 Å². The Kier molecular flexibility index (Phi) is 1.82. The maximum atomic E-state index is 5.55. The number of H-pyrrole nitrogens is 1. The highest BCUT2D eigenvalue weighted by atomic mass is 16.7. The van der Waals surface area contributed by atoms with E-state index in [2.05, 4.69) is 4.98 Å². The fourth-order valence-electron chi connectivity index (χ4n) is 1.93. The molecule has 1 aromatic heterocycles. The van der Waals surface area contributed by atoms with Crippen LogP contribution in [0.15, 0.2) is 18.3 Å². The van der Waals surface area contributed by atoms with Crippen LogP contribution in [0.5, 0.6) is 11.5 Å². The lowest BCUT2D eigenvalue weighted by atomic mass is 10.1. The van der Waals surface area contributed by atoms with Gasteiger partial charge in [0.25, 0.3) is 0 Å². The van der Waals surface area contributed by atoms with Gasteiger partial charge in [0.1, 0.15) is 0 Å². The zero-order valence-corrected chi connectivity index (χ0v) is 8.25. The molecule has 78 valence electrons. The lowest BCUT2D eigenvalue weighted by molar-refractivity contribution is 0.174. The third-order valence-corrected chi connectivity index (χ3v) is 2.67. The van der Waals surface area contributed by atoms with Gasteiger partial charge >= 0.3 is 0 Å². The molecule has 0 aliphatic carbocycles. The van der Waals surface area contributed by atoms with Crippen LogP contribution in [0.3, 0.4) is 0 Å². The first-order valence-electron chi connectivity index (χ1n) is 4.98. The smallest absolute Gasteiger partial charge is 0.231 e. The Morgan fingerprint density at radius 3 is 2.87 bits per heavy atom. The largest absolute Gasteiger partial charge is 0.454 e. The van der Waals surface area contributed by atoms with Crippen LogP contribution >= 0.6 is 0 Å². The van der Waals surface area contributed by atoms with Crippen molar-refractivity contribution in [3.8, 4) is 11.5 Å². The summed E-state index contributed by atoms with van der Waals surface area (Å²) < 4.78 is 10.7. The lowest BCUT2D eigenvalue weighted by Crippen LogP contribution is -2.01. The van der Waals surface area contributed by atoms with Crippen LogP contribution in [-0.4, -0.2) is 18.3 Å². The summed E-state index contributed by atoms with van der Waals surface area (Å²) in [6.45, 7) is 0.968. The van der Waals surface area contributed by atoms with Gasteiger partial charge in [-0.05, 0) is 24.6 Å². The molecule has 4 heteroatoms. The van der Waals surface area contributed by atoms with Crippen LogP contribution in [0.4, 0.5) is 0 Å². The van der Waals surface area contributed by atoms with Gasteiger partial charge in [-0.15, -0.1) is 0 Å². The summed E-state index contributed by atoms with van der Waals surface area (Å²) in [5, 5.41) is 1.17. The highest BCUT2D eigenvalue weighted by Crippen LogP contribution is 2.36. The first-order chi connectivity index (χ1) is 7.38. The minimum absolute atomic E-state index is 0.314. The fourth-order valence-corrected chi connectivity index (χ4v) is 1.93. The lowest BCUT2D eigenvalue weighted by Gasteiger charge is -1.98. The van der Waals surface area contributed by atoms with Crippen molar-refractivity contribution in [2.24, 2.45) is 5.73 Å². The molecule has 4 nitrogen and oxygen atoms in total. The number of benzene rings is 1. The van der Waals surface area contributed by atoms with E-state index in [4.69, 9.17) is 15.2 Å². The predicted octanol–water partition coefficient (Wildman–Crippen LogP) is 1.40. The number of rotatable bonds is 2. The van der Waals surface area contributed by atoms with Gasteiger partial charge in [0.2, 0.25) is 6.79 Å². The summed E-state index contributed by atoms with van der Waals surface area (Å²) >= 11 is 0. The van der Waals surface area contributed by atoms with Crippen molar-refractivity contribution in [2.45, 2.75) is 6.42 Å². The molecule has 0 bridgehead atoms. The third-order valence-electron chi connectivity index (χ3n) is 2.67. The maximum Gasteiger partial charge on any atom is 0.231 e. The molecule has 1 aliphatic heterocycles. The molecule has 0 spiro atoms. The van der Waals surface area contributed by atoms with E-state index in [1.807, 2.05) is 18.3 Å². The van der Waals surface area contributed by atoms with Crippen molar-refractivity contribution >= 4 is 10.9 Å². The second-order valence-electron chi connectivity index (χ2n) is 3.60. The van der Waals surface area contributed by atoms with Crippen molar-refractivity contribution in [2.75, 3.05) is 13.3 Å². The van der Waals surface area contributed by atoms with E-state index in [0.29, 0.717) is 13.3 Å². The van der Waals surface area contributed by atoms with Crippen LogP contribution in [0, 0.1) is 0 Å². The molecule has 0 fully saturated rings. The standard InChI is InChI=1S/C11H12N2O2/c12-2-1-7-5-13-9-4-11-10(3-8(7)9)14-6-15-11/h3-5,13H,1-2,6,12H2. The number of ether oxygens (including phenoxy) is 2. The van der Waals surface area contributed by atoms with Crippen LogP contribution in [0.2, 0.25) is 0 Å². The molecular formula is C11H12N2O2. The minimum Gasteiger partial charge on any atom is -0.454 e. The van der Waals surface area contributed by atoms with Gasteiger partial charge < -0.3 is 20.2 Å². The number of nitrogens with two attached hydrogens (primary N) is 1. The Morgan fingerprint density at radius 2 is 2.07 bits per heavy atom. The van der Waals surface area contributed by atoms with E-state index in [1.54, 1.807) is 0 Å². The zero-order chi connectivity index (χ0) is 10.3. The van der Waals surface area contributed by atoms with Crippen molar-refractivity contribution < 1.29 is 9.47 Å². The van der Waals surface area contributed by atoms with Gasteiger partial charge in [-0.2, -0.15) is 0 Å². The first-order valence-corrected chi connectivity index (χ1v) is 4.98. The van der Waals surface area contributed by atoms with Gasteiger partial charge in [0.15, 0.2) is 11.5 Å². The first kappa shape index (κ1) is 8.61. The van der Waals surface area contributed by atoms with Crippen molar-refractivity contribution in [1.82, 2.24) is 4.98 Å². The second kappa shape index (κ2) is 3.17. The van der Waals surface area contributed by atoms with E-state index in [9.17, 15) is 0 Å². The Bertz CT molecular complexity index is 505. The van der Waals surface area contributed by atoms with Crippen LogP contribution in [-0.2, 0) is 6.42 Å². The predicted molar refractivity (Wildman–Crippen MR) is 57.2 cm³/mol. The van der Waals surface area contributed by atoms with Gasteiger partial charge in [-0.25, -0.2) is 0 Å². The average Bonchev–Trinajstić information content (AvgIpc) is 2.82. The highest BCUT2D eigenvalue weighted by molar-refractivity contribution is 5.86. The molecule has 0 unspecified atom stereocenters. The van der Waals surface area contributed by atoms with Crippen LogP contribution in [0.1, 0.15) is 5.56 Å². The Morgan fingerprint density at radius 1 is 1.27 bits per heavy atom. The molecule has 3 N–H and O–H groups in total. The number of aromatic nitrogens is 1. The van der Waals surface area contributed by atoms with E-state index >= 15 is 0 Å². The van der Waals surface area contributed by atoms with E-state index in [0.717, 1.165) is 23.4 Å². The molecule has 0 atom stereocenters. The minimum atomic E-state index is 0.314. The Labute approximate surface area is 87.0 Å². The molecular weight excluding hydrogens is 192 g/mol. The Hall–Kier alpha value is -1.68. The number of hydrogen-bond donors (Lipinski definition) is 2. The summed E-state index contributed by atoms with van der Waals surface area (Å²) in [7, 11) is 0. The van der Waals surface area contributed by atoms with Crippen molar-refractivity contribution in [3.63, 3.8) is 0 Å². The molecule has 3 rings (SSSR count). The van der Waals surface area contributed by atoms with Crippen LogP contribution in [0.25, 0.3) is 10.9 Å². The number of aromatic amines is 1. The molecule has 15 heavy (non-hydrogen) atoms. The summed E-state index contributed by atoms with van der Waals surface area (Å²) in [5.74, 6) is 1.63. The SMILES string of the molecule is NCCc1c[nH]c2cc3c(cc12)OCO3. The van der Waals surface area contributed by atoms with Crippen molar-refractivity contribution in [3.05, 3.63) is 23.9 Å².